The molecule has 1 aromatic rings. The molecular weight excluding hydrogens is 323 g/mol. The first-order valence-corrected chi connectivity index (χ1v) is 7.99. The number of anilines is 1. The fourth-order valence-corrected chi connectivity index (χ4v) is 2.70. The molecule has 124 valence electrons. The average Bonchev–Trinajstić information content (AvgIpc) is 2.47. The van der Waals surface area contributed by atoms with Crippen LogP contribution in [0.1, 0.15) is 32.6 Å². The smallest absolute Gasteiger partial charge is 0.224 e. The predicted molar refractivity (Wildman–Crippen MR) is 93.3 cm³/mol. The zero-order chi connectivity index (χ0) is 15.1. The first kappa shape index (κ1) is 19.1. The van der Waals surface area contributed by atoms with E-state index in [1.807, 2.05) is 13.0 Å². The lowest BCUT2D eigenvalue weighted by atomic mass is 9.94. The summed E-state index contributed by atoms with van der Waals surface area (Å²) in [6, 6.07) is 5.38. The Morgan fingerprint density at radius 1 is 1.41 bits per heavy atom. The number of carbonyl (C=O) groups excluding carboxylic acids is 1. The van der Waals surface area contributed by atoms with E-state index in [4.69, 9.17) is 16.3 Å². The molecule has 0 saturated carbocycles. The van der Waals surface area contributed by atoms with Gasteiger partial charge < -0.3 is 15.4 Å². The Labute approximate surface area is 143 Å². The van der Waals surface area contributed by atoms with Crippen LogP contribution < -0.4 is 15.4 Å². The molecule has 1 fully saturated rings. The summed E-state index contributed by atoms with van der Waals surface area (Å²) < 4.78 is 5.52. The van der Waals surface area contributed by atoms with Crippen LogP contribution in [-0.2, 0) is 4.79 Å². The molecule has 0 atom stereocenters. The summed E-state index contributed by atoms with van der Waals surface area (Å²) in [5, 5.41) is 6.75. The van der Waals surface area contributed by atoms with Gasteiger partial charge in [-0.3, -0.25) is 4.79 Å². The molecule has 1 heterocycles. The quantitative estimate of drug-likeness (QED) is 0.821. The molecule has 0 radical (unpaired) electrons. The third kappa shape index (κ3) is 6.03. The second kappa shape index (κ2) is 9.93. The lowest BCUT2D eigenvalue weighted by Gasteiger charge is -2.22. The van der Waals surface area contributed by atoms with Crippen molar-refractivity contribution in [2.75, 3.05) is 25.0 Å². The van der Waals surface area contributed by atoms with Gasteiger partial charge in [-0.2, -0.15) is 0 Å². The second-order valence-corrected chi connectivity index (χ2v) is 5.85. The van der Waals surface area contributed by atoms with Gasteiger partial charge in [-0.15, -0.1) is 12.4 Å². The van der Waals surface area contributed by atoms with Crippen LogP contribution in [-0.4, -0.2) is 25.6 Å². The number of nitrogens with one attached hydrogen (secondary N) is 2. The molecule has 0 unspecified atom stereocenters. The average molecular weight is 347 g/mol. The lowest BCUT2D eigenvalue weighted by molar-refractivity contribution is -0.117. The van der Waals surface area contributed by atoms with E-state index in [1.165, 1.54) is 0 Å². The molecule has 1 aliphatic rings. The van der Waals surface area contributed by atoms with Crippen molar-refractivity contribution in [3.63, 3.8) is 0 Å². The Hall–Kier alpha value is -0.970. The van der Waals surface area contributed by atoms with E-state index in [9.17, 15) is 4.79 Å². The van der Waals surface area contributed by atoms with Gasteiger partial charge in [0.1, 0.15) is 5.75 Å². The number of piperidine rings is 1. The lowest BCUT2D eigenvalue weighted by Crippen LogP contribution is -2.30. The van der Waals surface area contributed by atoms with Gasteiger partial charge in [0, 0.05) is 12.1 Å². The van der Waals surface area contributed by atoms with Gasteiger partial charge in [0.2, 0.25) is 5.91 Å². The number of hydrogen-bond acceptors (Lipinski definition) is 3. The number of rotatable bonds is 6. The summed E-state index contributed by atoms with van der Waals surface area (Å²) in [4.78, 5) is 12.0. The maximum atomic E-state index is 12.0. The van der Waals surface area contributed by atoms with Crippen molar-refractivity contribution in [1.29, 1.82) is 0 Å². The van der Waals surface area contributed by atoms with Gasteiger partial charge in [-0.05, 0) is 56.5 Å². The SMILES string of the molecule is CCCOc1ccc(NC(=O)CC2CCNCC2)cc1Cl.Cl. The maximum Gasteiger partial charge on any atom is 0.224 e. The molecule has 4 nitrogen and oxygen atoms in total. The summed E-state index contributed by atoms with van der Waals surface area (Å²) in [5.74, 6) is 1.20. The van der Waals surface area contributed by atoms with Gasteiger partial charge >= 0.3 is 0 Å². The Kier molecular flexibility index (Phi) is 8.61. The van der Waals surface area contributed by atoms with Crippen molar-refractivity contribution in [3.05, 3.63) is 23.2 Å². The minimum absolute atomic E-state index is 0. The molecule has 2 N–H and O–H groups in total. The molecule has 0 bridgehead atoms. The van der Waals surface area contributed by atoms with Crippen molar-refractivity contribution in [2.45, 2.75) is 32.6 Å². The molecule has 1 saturated heterocycles. The third-order valence-electron chi connectivity index (χ3n) is 3.61. The van der Waals surface area contributed by atoms with E-state index >= 15 is 0 Å². The first-order chi connectivity index (χ1) is 10.2. The number of benzene rings is 1. The topological polar surface area (TPSA) is 50.4 Å². The van der Waals surface area contributed by atoms with E-state index < -0.39 is 0 Å². The Balaban J connectivity index is 0.00000242. The number of carbonyl (C=O) groups is 1. The molecule has 1 aliphatic heterocycles. The summed E-state index contributed by atoms with van der Waals surface area (Å²) in [6.07, 6.45) is 3.65. The monoisotopic (exact) mass is 346 g/mol. The molecule has 2 rings (SSSR count). The van der Waals surface area contributed by atoms with Crippen LogP contribution in [0.2, 0.25) is 5.02 Å². The highest BCUT2D eigenvalue weighted by atomic mass is 35.5. The Morgan fingerprint density at radius 3 is 2.77 bits per heavy atom. The van der Waals surface area contributed by atoms with E-state index in [1.54, 1.807) is 12.1 Å². The molecule has 0 aliphatic carbocycles. The first-order valence-electron chi connectivity index (χ1n) is 7.62. The highest BCUT2D eigenvalue weighted by molar-refractivity contribution is 6.32. The molecule has 1 aromatic carbocycles. The van der Waals surface area contributed by atoms with Crippen LogP contribution in [0.5, 0.6) is 5.75 Å². The predicted octanol–water partition coefficient (Wildman–Crippen LogP) is 3.88. The highest BCUT2D eigenvalue weighted by Gasteiger charge is 2.17. The van der Waals surface area contributed by atoms with Gasteiger partial charge in [0.05, 0.1) is 11.6 Å². The fourth-order valence-electron chi connectivity index (χ4n) is 2.47. The summed E-state index contributed by atoms with van der Waals surface area (Å²) >= 11 is 6.16. The Bertz CT molecular complexity index is 477. The third-order valence-corrected chi connectivity index (χ3v) is 3.91. The second-order valence-electron chi connectivity index (χ2n) is 5.44. The Morgan fingerprint density at radius 2 is 2.14 bits per heavy atom. The number of hydrogen-bond donors (Lipinski definition) is 2. The van der Waals surface area contributed by atoms with Crippen molar-refractivity contribution >= 4 is 35.6 Å². The molecule has 22 heavy (non-hydrogen) atoms. The van der Waals surface area contributed by atoms with Gasteiger partial charge in [0.15, 0.2) is 0 Å². The van der Waals surface area contributed by atoms with Crippen LogP contribution in [0, 0.1) is 5.92 Å². The largest absolute Gasteiger partial charge is 0.492 e. The standard InChI is InChI=1S/C16H23ClN2O2.ClH/c1-2-9-21-15-4-3-13(11-14(15)17)19-16(20)10-12-5-7-18-8-6-12;/h3-4,11-12,18H,2,5-10H2,1H3,(H,19,20);1H. The molecular formula is C16H24Cl2N2O2. The van der Waals surface area contributed by atoms with E-state index in [-0.39, 0.29) is 18.3 Å². The zero-order valence-corrected chi connectivity index (χ0v) is 14.4. The van der Waals surface area contributed by atoms with Crippen LogP contribution in [0.15, 0.2) is 18.2 Å². The van der Waals surface area contributed by atoms with Crippen LogP contribution in [0.25, 0.3) is 0 Å². The van der Waals surface area contributed by atoms with Crippen LogP contribution in [0.4, 0.5) is 5.69 Å². The summed E-state index contributed by atoms with van der Waals surface area (Å²) in [7, 11) is 0. The number of halogens is 2. The molecule has 6 heteroatoms. The van der Waals surface area contributed by atoms with Gasteiger partial charge in [-0.1, -0.05) is 18.5 Å². The van der Waals surface area contributed by atoms with Crippen LogP contribution in [0.3, 0.4) is 0 Å². The van der Waals surface area contributed by atoms with Gasteiger partial charge in [-0.25, -0.2) is 0 Å². The van der Waals surface area contributed by atoms with Crippen molar-refractivity contribution in [1.82, 2.24) is 5.32 Å². The van der Waals surface area contributed by atoms with E-state index in [0.29, 0.717) is 29.7 Å². The van der Waals surface area contributed by atoms with E-state index in [0.717, 1.165) is 38.0 Å². The van der Waals surface area contributed by atoms with E-state index in [2.05, 4.69) is 10.6 Å². The normalized spacial score (nSPS) is 15.0. The number of ether oxygens (including phenoxy) is 1. The number of amides is 1. The van der Waals surface area contributed by atoms with Gasteiger partial charge in [0.25, 0.3) is 0 Å². The minimum Gasteiger partial charge on any atom is -0.492 e. The van der Waals surface area contributed by atoms with Crippen molar-refractivity contribution < 1.29 is 9.53 Å². The van der Waals surface area contributed by atoms with Crippen molar-refractivity contribution in [2.24, 2.45) is 5.92 Å². The highest BCUT2D eigenvalue weighted by Crippen LogP contribution is 2.28. The zero-order valence-electron chi connectivity index (χ0n) is 12.9. The summed E-state index contributed by atoms with van der Waals surface area (Å²) in [6.45, 7) is 4.70. The maximum absolute atomic E-state index is 12.0. The van der Waals surface area contributed by atoms with Crippen molar-refractivity contribution in [3.8, 4) is 5.75 Å². The molecule has 0 spiro atoms. The van der Waals surface area contributed by atoms with Crippen LogP contribution >= 0.6 is 24.0 Å². The minimum atomic E-state index is 0. The fraction of sp³-hybridized carbons (Fsp3) is 0.562. The molecule has 1 amide bonds. The molecule has 0 aromatic heterocycles. The summed E-state index contributed by atoms with van der Waals surface area (Å²) in [5.41, 5.74) is 0.725.